The second-order valence-electron chi connectivity index (χ2n) is 3.19. The zero-order valence-corrected chi connectivity index (χ0v) is 12.9. The van der Waals surface area contributed by atoms with Gasteiger partial charge in [-0.25, -0.2) is 0 Å². The average molecular weight is 250 g/mol. The fraction of sp³-hybridized carbons (Fsp3) is 0.875. The van der Waals surface area contributed by atoms with Crippen molar-refractivity contribution >= 4 is 20.2 Å². The van der Waals surface area contributed by atoms with Gasteiger partial charge in [0.2, 0.25) is 0 Å². The molecule has 0 unspecified atom stereocenters. The molecule has 0 heterocycles. The van der Waals surface area contributed by atoms with E-state index < -0.39 is 9.05 Å². The van der Waals surface area contributed by atoms with Crippen LogP contribution in [0.15, 0.2) is 0 Å². The average Bonchev–Trinajstić information content (AvgIpc) is 1.83. The summed E-state index contributed by atoms with van der Waals surface area (Å²) in [6, 6.07) is 0. The van der Waals surface area contributed by atoms with Crippen LogP contribution in [0.25, 0.3) is 0 Å². The fourth-order valence-corrected chi connectivity index (χ4v) is 0.729. The Kier molecular flexibility index (Phi) is 18.2. The van der Waals surface area contributed by atoms with Crippen molar-refractivity contribution in [2.45, 2.75) is 39.5 Å². The molecule has 0 aromatic heterocycles. The molecular formula is C8H19NaO3S2. The Hall–Kier alpha value is 1.29. The first-order valence-corrected chi connectivity index (χ1v) is 6.66. The molecule has 0 aliphatic carbocycles. The van der Waals surface area contributed by atoms with Gasteiger partial charge in [0.05, 0.1) is 0 Å². The smallest absolute Gasteiger partial charge is 0.343 e. The molecule has 0 saturated carbocycles. The summed E-state index contributed by atoms with van der Waals surface area (Å²) in [5, 5.41) is 0. The molecule has 0 fully saturated rings. The van der Waals surface area contributed by atoms with Crippen molar-refractivity contribution in [3.63, 3.8) is 0 Å². The molecule has 6 heteroatoms. The Balaban J connectivity index is -0.000000177. The van der Waals surface area contributed by atoms with Crippen LogP contribution in [-0.4, -0.2) is 13.3 Å². The second kappa shape index (κ2) is 12.4. The van der Waals surface area contributed by atoms with Crippen LogP contribution < -0.4 is 29.6 Å². The predicted molar refractivity (Wildman–Crippen MR) is 59.4 cm³/mol. The van der Waals surface area contributed by atoms with Crippen LogP contribution in [0.2, 0.25) is 0 Å². The van der Waals surface area contributed by atoms with E-state index in [-0.39, 0.29) is 29.6 Å². The van der Waals surface area contributed by atoms with Gasteiger partial charge in [0.25, 0.3) is 9.05 Å². The van der Waals surface area contributed by atoms with Crippen LogP contribution in [0.5, 0.6) is 0 Å². The van der Waals surface area contributed by atoms with Crippen molar-refractivity contribution in [1.82, 2.24) is 0 Å². The Morgan fingerprint density at radius 3 is 1.93 bits per heavy atom. The molecule has 3 nitrogen and oxygen atoms in total. The summed E-state index contributed by atoms with van der Waals surface area (Å²) in [4.78, 5) is 0. The maximum atomic E-state index is 9.11. The molecule has 0 aliphatic rings. The summed E-state index contributed by atoms with van der Waals surface area (Å²) in [5.41, 5.74) is 0. The van der Waals surface area contributed by atoms with Gasteiger partial charge in [-0.2, -0.15) is 10.6 Å². The van der Waals surface area contributed by atoms with Gasteiger partial charge in [-0.1, -0.05) is 33.1 Å². The summed E-state index contributed by atoms with van der Waals surface area (Å²) in [6.07, 6.45) is 5.14. The molecule has 2 N–H and O–H groups in total. The largest absolute Gasteiger partial charge is 1.00 e. The number of hydrogen-bond acceptors (Lipinski definition) is 2. The van der Waals surface area contributed by atoms with Gasteiger partial charge in [-0.3, -0.25) is 9.11 Å². The van der Waals surface area contributed by atoms with E-state index in [1.807, 2.05) is 0 Å². The van der Waals surface area contributed by atoms with Crippen molar-refractivity contribution in [3.8, 4) is 0 Å². The quantitative estimate of drug-likeness (QED) is 0.409. The van der Waals surface area contributed by atoms with Gasteiger partial charge < -0.3 is 6.92 Å². The minimum atomic E-state index is -3.83. The molecule has 0 aliphatic heterocycles. The second-order valence-corrected chi connectivity index (χ2v) is 5.39. The molecule has 0 radical (unpaired) electrons. The van der Waals surface area contributed by atoms with Gasteiger partial charge in [0.15, 0.2) is 0 Å². The van der Waals surface area contributed by atoms with E-state index in [0.717, 1.165) is 12.3 Å². The third-order valence-corrected chi connectivity index (χ3v) is 1.28. The minimum absolute atomic E-state index is 0. The molecule has 14 heavy (non-hydrogen) atoms. The van der Waals surface area contributed by atoms with Gasteiger partial charge in [0, 0.05) is 11.2 Å². The van der Waals surface area contributed by atoms with E-state index in [2.05, 4.69) is 32.0 Å². The molecule has 0 saturated heterocycles. The minimum Gasteiger partial charge on any atom is -0.343 e. The van der Waals surface area contributed by atoms with Crippen LogP contribution in [0.3, 0.4) is 0 Å². The zero-order chi connectivity index (χ0) is 10.9. The third kappa shape index (κ3) is 50.7. The van der Waals surface area contributed by atoms with Crippen molar-refractivity contribution in [2.24, 2.45) is 5.92 Å². The maximum absolute atomic E-state index is 9.11. The number of unbranched alkanes of at least 4 members (excludes halogenated alkanes) is 2. The fourth-order valence-electron chi connectivity index (χ4n) is 0.729. The summed E-state index contributed by atoms with van der Waals surface area (Å²) in [5.74, 6) is 0.876. The van der Waals surface area contributed by atoms with Crippen LogP contribution in [0.1, 0.15) is 39.5 Å². The zero-order valence-electron chi connectivity index (χ0n) is 9.23. The van der Waals surface area contributed by atoms with Crippen LogP contribution in [0, 0.1) is 12.8 Å². The molecule has 0 rings (SSSR count). The normalized spacial score (nSPS) is 10.1. The van der Waals surface area contributed by atoms with Gasteiger partial charge in [0.1, 0.15) is 0 Å². The summed E-state index contributed by atoms with van der Waals surface area (Å²) < 4.78 is 24.0. The molecule has 0 atom stereocenters. The molecule has 82 valence electrons. The van der Waals surface area contributed by atoms with Crippen molar-refractivity contribution in [2.75, 3.05) is 0 Å². The van der Waals surface area contributed by atoms with Crippen molar-refractivity contribution < 1.29 is 42.9 Å². The molecule has 0 spiro atoms. The Morgan fingerprint density at radius 2 is 1.71 bits per heavy atom. The molecule has 0 aromatic rings. The Bertz CT molecular complexity index is 183. The summed E-state index contributed by atoms with van der Waals surface area (Å²) in [6.45, 7) is 8.32. The maximum Gasteiger partial charge on any atom is 1.00 e. The van der Waals surface area contributed by atoms with Crippen LogP contribution in [0.4, 0.5) is 0 Å². The Labute approximate surface area is 115 Å². The van der Waals surface area contributed by atoms with E-state index in [4.69, 9.17) is 13.3 Å². The first-order valence-electron chi connectivity index (χ1n) is 4.26. The van der Waals surface area contributed by atoms with Crippen LogP contribution >= 0.6 is 0 Å². The molecular weight excluding hydrogens is 231 g/mol. The molecule has 0 bridgehead atoms. The van der Waals surface area contributed by atoms with E-state index in [1.165, 1.54) is 19.3 Å². The standard InChI is InChI=1S/C8H17.Na.H2O3S2/c1-4-5-6-7-8(2)3;;1-5(2,3)4/h8H,1,4-7H2,2-3H3;;(H2,1,2,3,4)/q-1;+1;. The summed E-state index contributed by atoms with van der Waals surface area (Å²) >= 11 is 3.47. The first-order chi connectivity index (χ1) is 5.77. The van der Waals surface area contributed by atoms with Crippen molar-refractivity contribution in [1.29, 1.82) is 0 Å². The van der Waals surface area contributed by atoms with E-state index in [0.29, 0.717) is 0 Å². The van der Waals surface area contributed by atoms with E-state index >= 15 is 0 Å². The first kappa shape index (κ1) is 20.7. The van der Waals surface area contributed by atoms with Crippen molar-refractivity contribution in [3.05, 3.63) is 6.92 Å². The van der Waals surface area contributed by atoms with E-state index in [9.17, 15) is 0 Å². The van der Waals surface area contributed by atoms with Gasteiger partial charge in [-0.15, -0.1) is 0 Å². The van der Waals surface area contributed by atoms with Crippen LogP contribution in [-0.2, 0) is 20.2 Å². The SMILES string of the molecule is O=S(O)(O)=S.[CH2-]CCCCC(C)C.[Na+]. The van der Waals surface area contributed by atoms with Gasteiger partial charge in [-0.05, 0) is 5.92 Å². The van der Waals surface area contributed by atoms with Gasteiger partial charge >= 0.3 is 29.6 Å². The monoisotopic (exact) mass is 250 g/mol. The number of hydrogen-bond donors (Lipinski definition) is 2. The predicted octanol–water partition coefficient (Wildman–Crippen LogP) is -0.280. The summed E-state index contributed by atoms with van der Waals surface area (Å²) in [7, 11) is -3.83. The number of rotatable bonds is 4. The molecule has 0 amide bonds. The molecule has 0 aromatic carbocycles. The van der Waals surface area contributed by atoms with E-state index in [1.54, 1.807) is 0 Å². The topological polar surface area (TPSA) is 57.5 Å². The Morgan fingerprint density at radius 1 is 1.36 bits per heavy atom. The third-order valence-electron chi connectivity index (χ3n) is 1.28.